The number of aryl methyl sites for hydroxylation is 1. The molecule has 0 spiro atoms. The minimum absolute atomic E-state index is 0.0685. The first-order valence-electron chi connectivity index (χ1n) is 13.6. The lowest BCUT2D eigenvalue weighted by molar-refractivity contribution is 1.02. The maximum atomic E-state index is 8.33. The van der Waals surface area contributed by atoms with Crippen molar-refractivity contribution in [2.24, 2.45) is 0 Å². The topological polar surface area (TPSA) is 17.8 Å². The molecule has 0 unspecified atom stereocenters. The number of nitrogens with zero attached hydrogens (tertiary/aromatic N) is 2. The summed E-state index contributed by atoms with van der Waals surface area (Å²) in [4.78, 5) is 4.59. The van der Waals surface area contributed by atoms with Crippen molar-refractivity contribution in [3.8, 4) is 27.9 Å². The molecule has 170 valence electrons. The largest absolute Gasteiger partial charge is 0.295 e. The fourth-order valence-corrected chi connectivity index (χ4v) is 5.37. The van der Waals surface area contributed by atoms with Crippen molar-refractivity contribution in [2.45, 2.75) is 6.85 Å². The van der Waals surface area contributed by atoms with Crippen molar-refractivity contribution in [3.63, 3.8) is 0 Å². The molecule has 0 bridgehead atoms. The first-order valence-corrected chi connectivity index (χ1v) is 12.1. The lowest BCUT2D eigenvalue weighted by atomic mass is 9.89. The maximum absolute atomic E-state index is 8.33. The van der Waals surface area contributed by atoms with Gasteiger partial charge in [-0.15, -0.1) is 0 Å². The van der Waals surface area contributed by atoms with Crippen molar-refractivity contribution in [1.29, 1.82) is 0 Å². The van der Waals surface area contributed by atoms with Crippen LogP contribution < -0.4 is 0 Å². The van der Waals surface area contributed by atoms with Gasteiger partial charge in [0.25, 0.3) is 0 Å². The zero-order chi connectivity index (χ0) is 26.6. The van der Waals surface area contributed by atoms with E-state index in [1.807, 2.05) is 59.2 Å². The van der Waals surface area contributed by atoms with E-state index in [1.54, 1.807) is 0 Å². The molecule has 0 aliphatic heterocycles. The van der Waals surface area contributed by atoms with Crippen molar-refractivity contribution in [3.05, 3.63) is 133 Å². The number of hydrogen-bond donors (Lipinski definition) is 0. The highest BCUT2D eigenvalue weighted by Gasteiger charge is 2.19. The molecule has 0 radical (unpaired) electrons. The molecule has 1 aromatic heterocycles. The summed E-state index contributed by atoms with van der Waals surface area (Å²) in [5.74, 6) is 0.0685. The van der Waals surface area contributed by atoms with Crippen LogP contribution in [0.5, 0.6) is 0 Å². The number of rotatable bonds is 3. The molecule has 7 aromatic rings. The van der Waals surface area contributed by atoms with Gasteiger partial charge in [0.1, 0.15) is 5.82 Å². The van der Waals surface area contributed by atoms with E-state index in [1.165, 1.54) is 5.56 Å². The number of aromatic nitrogens is 2. The summed E-state index contributed by atoms with van der Waals surface area (Å²) in [5, 5.41) is 4.08. The highest BCUT2D eigenvalue weighted by atomic mass is 15.1. The quantitative estimate of drug-likeness (QED) is 0.239. The van der Waals surface area contributed by atoms with Crippen LogP contribution in [0.1, 0.15) is 9.94 Å². The van der Waals surface area contributed by atoms with E-state index in [9.17, 15) is 0 Å². The maximum Gasteiger partial charge on any atom is 0.111 e. The molecule has 36 heavy (non-hydrogen) atoms. The Kier molecular flexibility index (Phi) is 4.04. The van der Waals surface area contributed by atoms with Crippen LogP contribution in [0.25, 0.3) is 60.5 Å². The Morgan fingerprint density at radius 3 is 1.72 bits per heavy atom. The number of para-hydroxylation sites is 2. The van der Waals surface area contributed by atoms with Crippen LogP contribution in [0.15, 0.2) is 127 Å². The molecule has 7 rings (SSSR count). The summed E-state index contributed by atoms with van der Waals surface area (Å²) in [6.45, 7) is -2.38. The average Bonchev–Trinajstić information content (AvgIpc) is 3.36. The van der Waals surface area contributed by atoms with Gasteiger partial charge >= 0.3 is 0 Å². The van der Waals surface area contributed by atoms with E-state index in [0.717, 1.165) is 49.4 Å². The summed E-state index contributed by atoms with van der Waals surface area (Å²) < 4.78 is 26.8. The van der Waals surface area contributed by atoms with Crippen LogP contribution in [-0.2, 0) is 0 Å². The van der Waals surface area contributed by atoms with Gasteiger partial charge in [-0.25, -0.2) is 4.98 Å². The molecule has 2 heteroatoms. The highest BCUT2D eigenvalue weighted by molar-refractivity contribution is 6.18. The zero-order valence-electron chi connectivity index (χ0n) is 22.5. The number of fused-ring (bicyclic) bond motifs is 3. The Morgan fingerprint density at radius 2 is 1.06 bits per heavy atom. The SMILES string of the molecule is [2H]C([2H])([2H])c1nc2ccccc2n1-c1c2ccccc2c(-c2ccc(-c3ccccc3)cc2)c2ccccc12. The first kappa shape index (κ1) is 17.7. The minimum atomic E-state index is -2.38. The lowest BCUT2D eigenvalue weighted by Gasteiger charge is -2.19. The van der Waals surface area contributed by atoms with Gasteiger partial charge < -0.3 is 0 Å². The molecule has 0 atom stereocenters. The fraction of sp³-hybridized carbons (Fsp3) is 0.0294. The van der Waals surface area contributed by atoms with Crippen molar-refractivity contribution < 1.29 is 4.11 Å². The third-order valence-corrected chi connectivity index (χ3v) is 6.97. The summed E-state index contributed by atoms with van der Waals surface area (Å²) in [5.41, 5.74) is 6.86. The Labute approximate surface area is 214 Å². The molecular formula is C34H24N2. The predicted molar refractivity (Wildman–Crippen MR) is 152 cm³/mol. The summed E-state index contributed by atoms with van der Waals surface area (Å²) in [6, 6.07) is 43.2. The van der Waals surface area contributed by atoms with Gasteiger partial charge in [0.15, 0.2) is 0 Å². The molecule has 2 nitrogen and oxygen atoms in total. The van der Waals surface area contributed by atoms with E-state index in [4.69, 9.17) is 4.11 Å². The second-order valence-electron chi connectivity index (χ2n) is 9.02. The van der Waals surface area contributed by atoms with Gasteiger partial charge in [-0.3, -0.25) is 4.57 Å². The third-order valence-electron chi connectivity index (χ3n) is 6.97. The normalized spacial score (nSPS) is 13.1. The van der Waals surface area contributed by atoms with Gasteiger partial charge in [0.05, 0.1) is 16.7 Å². The summed E-state index contributed by atoms with van der Waals surface area (Å²) >= 11 is 0. The van der Waals surface area contributed by atoms with E-state index in [2.05, 4.69) is 77.8 Å². The number of hydrogen-bond acceptors (Lipinski definition) is 1. The van der Waals surface area contributed by atoms with Crippen LogP contribution in [-0.4, -0.2) is 9.55 Å². The summed E-state index contributed by atoms with van der Waals surface area (Å²) in [7, 11) is 0. The Hall–Kier alpha value is -4.69. The predicted octanol–water partition coefficient (Wildman–Crippen LogP) is 8.97. The van der Waals surface area contributed by atoms with Gasteiger partial charge in [-0.05, 0) is 52.0 Å². The second kappa shape index (κ2) is 8.21. The molecule has 0 aliphatic rings. The number of benzene rings is 6. The molecular weight excluding hydrogens is 436 g/mol. The van der Waals surface area contributed by atoms with E-state index in [0.29, 0.717) is 5.52 Å². The first-order chi connectivity index (χ1) is 19.0. The van der Waals surface area contributed by atoms with Crippen LogP contribution in [0, 0.1) is 6.85 Å². The minimum Gasteiger partial charge on any atom is -0.295 e. The Bertz CT molecular complexity index is 1930. The average molecular weight is 464 g/mol. The van der Waals surface area contributed by atoms with Crippen LogP contribution in [0.4, 0.5) is 0 Å². The molecule has 0 saturated heterocycles. The smallest absolute Gasteiger partial charge is 0.111 e. The van der Waals surface area contributed by atoms with Crippen LogP contribution in [0.2, 0.25) is 0 Å². The molecule has 0 fully saturated rings. The molecule has 6 aromatic carbocycles. The van der Waals surface area contributed by atoms with E-state index >= 15 is 0 Å². The number of imidazole rings is 1. The highest BCUT2D eigenvalue weighted by Crippen LogP contribution is 2.42. The Morgan fingerprint density at radius 1 is 0.528 bits per heavy atom. The molecule has 0 saturated carbocycles. The van der Waals surface area contributed by atoms with Crippen LogP contribution in [0.3, 0.4) is 0 Å². The van der Waals surface area contributed by atoms with Crippen molar-refractivity contribution in [2.75, 3.05) is 0 Å². The van der Waals surface area contributed by atoms with Gasteiger partial charge in [0, 0.05) is 14.9 Å². The fourth-order valence-electron chi connectivity index (χ4n) is 5.37. The summed E-state index contributed by atoms with van der Waals surface area (Å²) in [6.07, 6.45) is 0. The van der Waals surface area contributed by atoms with Crippen LogP contribution >= 0.6 is 0 Å². The van der Waals surface area contributed by atoms with E-state index in [-0.39, 0.29) is 5.82 Å². The second-order valence-corrected chi connectivity index (χ2v) is 9.02. The van der Waals surface area contributed by atoms with Gasteiger partial charge in [-0.2, -0.15) is 0 Å². The third kappa shape index (κ3) is 3.15. The van der Waals surface area contributed by atoms with Crippen molar-refractivity contribution >= 4 is 32.6 Å². The lowest BCUT2D eigenvalue weighted by Crippen LogP contribution is -2.01. The molecule has 0 amide bonds. The van der Waals surface area contributed by atoms with Gasteiger partial charge in [0.2, 0.25) is 0 Å². The molecule has 1 heterocycles. The Balaban J connectivity index is 1.57. The van der Waals surface area contributed by atoms with Crippen molar-refractivity contribution in [1.82, 2.24) is 9.55 Å². The van der Waals surface area contributed by atoms with E-state index < -0.39 is 6.85 Å². The standard InChI is InChI=1S/C34H24N2/c1-23-35-31-17-9-10-18-32(31)36(23)34-29-15-7-5-13-27(29)33(28-14-6-8-16-30(28)34)26-21-19-25(20-22-26)24-11-3-2-4-12-24/h2-22H,1H3/i1D3. The molecule has 0 N–H and O–H groups in total. The van der Waals surface area contributed by atoms with Gasteiger partial charge in [-0.1, -0.05) is 115 Å². The monoisotopic (exact) mass is 463 g/mol. The zero-order valence-corrected chi connectivity index (χ0v) is 19.5. The molecule has 0 aliphatic carbocycles.